The molecule has 16 heavy (non-hydrogen) atoms. The normalized spacial score (nSPS) is 20.1. The van der Waals surface area contributed by atoms with Crippen molar-refractivity contribution in [3.8, 4) is 0 Å². The Labute approximate surface area is 99.4 Å². The van der Waals surface area contributed by atoms with Crippen molar-refractivity contribution in [3.63, 3.8) is 0 Å². The molecule has 0 bridgehead atoms. The Balaban J connectivity index is 2.26. The van der Waals surface area contributed by atoms with Crippen LogP contribution in [-0.4, -0.2) is 37.7 Å². The van der Waals surface area contributed by atoms with Gasteiger partial charge in [0, 0.05) is 13.1 Å². The second kappa shape index (κ2) is 7.55. The summed E-state index contributed by atoms with van der Waals surface area (Å²) in [6, 6.07) is 0. The number of nitrogens with zero attached hydrogens (tertiary/aromatic N) is 1. The highest BCUT2D eigenvalue weighted by Crippen LogP contribution is 2.10. The average molecular weight is 227 g/mol. The highest BCUT2D eigenvalue weighted by Gasteiger charge is 2.16. The number of ether oxygens (including phenoxy) is 2. The predicted molar refractivity (Wildman–Crippen MR) is 66.2 cm³/mol. The van der Waals surface area contributed by atoms with E-state index in [0.717, 1.165) is 45.0 Å². The van der Waals surface area contributed by atoms with Crippen LogP contribution in [0.5, 0.6) is 0 Å². The van der Waals surface area contributed by atoms with Gasteiger partial charge in [0.2, 0.25) is 0 Å². The summed E-state index contributed by atoms with van der Waals surface area (Å²) in [5, 5.41) is 0. The molecule has 0 aromatic rings. The van der Waals surface area contributed by atoms with E-state index in [2.05, 4.69) is 25.7 Å². The maximum absolute atomic E-state index is 5.56. The molecule has 0 saturated carbocycles. The molecular formula is C13H25NO2. The molecule has 1 rings (SSSR count). The van der Waals surface area contributed by atoms with Gasteiger partial charge in [-0.05, 0) is 12.3 Å². The van der Waals surface area contributed by atoms with Gasteiger partial charge in [0.1, 0.15) is 18.6 Å². The van der Waals surface area contributed by atoms with Gasteiger partial charge in [-0.3, -0.25) is 4.90 Å². The van der Waals surface area contributed by atoms with Crippen molar-refractivity contribution >= 4 is 0 Å². The molecule has 0 radical (unpaired) electrons. The molecule has 0 unspecified atom stereocenters. The number of rotatable bonds is 6. The minimum Gasteiger partial charge on any atom is -0.498 e. The standard InChI is InChI=1S/C13H25NO2/c1-4-5-7-15-11-13-10-14(6-8-16-13)9-12(2)3/h11-12H,4-10H2,1-3H3/b13-11-. The van der Waals surface area contributed by atoms with Gasteiger partial charge in [0.05, 0.1) is 13.2 Å². The molecule has 0 amide bonds. The zero-order valence-corrected chi connectivity index (χ0v) is 10.9. The zero-order chi connectivity index (χ0) is 11.8. The van der Waals surface area contributed by atoms with Gasteiger partial charge in [-0.1, -0.05) is 27.2 Å². The van der Waals surface area contributed by atoms with Crippen LogP contribution in [0.2, 0.25) is 0 Å². The molecular weight excluding hydrogens is 202 g/mol. The quantitative estimate of drug-likeness (QED) is 0.514. The van der Waals surface area contributed by atoms with Gasteiger partial charge in [-0.2, -0.15) is 0 Å². The van der Waals surface area contributed by atoms with E-state index in [4.69, 9.17) is 9.47 Å². The molecule has 0 atom stereocenters. The lowest BCUT2D eigenvalue weighted by Crippen LogP contribution is -2.37. The minimum atomic E-state index is 0.709. The van der Waals surface area contributed by atoms with E-state index in [1.54, 1.807) is 6.26 Å². The van der Waals surface area contributed by atoms with Gasteiger partial charge >= 0.3 is 0 Å². The monoisotopic (exact) mass is 227 g/mol. The molecule has 94 valence electrons. The predicted octanol–water partition coefficient (Wildman–Crippen LogP) is 2.63. The first-order valence-electron chi connectivity index (χ1n) is 6.38. The van der Waals surface area contributed by atoms with E-state index >= 15 is 0 Å². The molecule has 1 aliphatic rings. The number of morpholine rings is 1. The van der Waals surface area contributed by atoms with Gasteiger partial charge in [0.15, 0.2) is 0 Å². The minimum absolute atomic E-state index is 0.709. The fourth-order valence-corrected chi connectivity index (χ4v) is 1.77. The third-order valence-corrected chi connectivity index (χ3v) is 2.53. The summed E-state index contributed by atoms with van der Waals surface area (Å²) in [5.41, 5.74) is 0. The molecule has 1 saturated heterocycles. The Morgan fingerprint density at radius 3 is 3.00 bits per heavy atom. The van der Waals surface area contributed by atoms with Crippen LogP contribution in [0.15, 0.2) is 12.0 Å². The van der Waals surface area contributed by atoms with Crippen LogP contribution < -0.4 is 0 Å². The third kappa shape index (κ3) is 5.40. The molecule has 0 aromatic carbocycles. The first kappa shape index (κ1) is 13.4. The van der Waals surface area contributed by atoms with Crippen LogP contribution in [0.3, 0.4) is 0 Å². The van der Waals surface area contributed by atoms with Gasteiger partial charge in [-0.25, -0.2) is 0 Å². The summed E-state index contributed by atoms with van der Waals surface area (Å²) in [4.78, 5) is 2.42. The molecule has 3 nitrogen and oxygen atoms in total. The van der Waals surface area contributed by atoms with Crippen molar-refractivity contribution < 1.29 is 9.47 Å². The van der Waals surface area contributed by atoms with Gasteiger partial charge in [0.25, 0.3) is 0 Å². The largest absolute Gasteiger partial charge is 0.498 e. The van der Waals surface area contributed by atoms with E-state index in [9.17, 15) is 0 Å². The SMILES string of the molecule is CCCCO/C=C1/CN(CC(C)C)CCO1. The Hall–Kier alpha value is -0.700. The van der Waals surface area contributed by atoms with Crippen LogP contribution in [0, 0.1) is 5.92 Å². The first-order chi connectivity index (χ1) is 7.72. The van der Waals surface area contributed by atoms with Crippen LogP contribution in [0.25, 0.3) is 0 Å². The lowest BCUT2D eigenvalue weighted by Gasteiger charge is -2.29. The summed E-state index contributed by atoms with van der Waals surface area (Å²) < 4.78 is 11.0. The van der Waals surface area contributed by atoms with Crippen LogP contribution >= 0.6 is 0 Å². The molecule has 1 heterocycles. The van der Waals surface area contributed by atoms with E-state index in [1.807, 2.05) is 0 Å². The van der Waals surface area contributed by atoms with Crippen LogP contribution in [0.4, 0.5) is 0 Å². The van der Waals surface area contributed by atoms with Crippen molar-refractivity contribution in [1.82, 2.24) is 4.90 Å². The van der Waals surface area contributed by atoms with Crippen molar-refractivity contribution in [2.24, 2.45) is 5.92 Å². The average Bonchev–Trinajstić information content (AvgIpc) is 2.24. The first-order valence-corrected chi connectivity index (χ1v) is 6.38. The molecule has 0 aromatic heterocycles. The maximum atomic E-state index is 5.56. The summed E-state index contributed by atoms with van der Waals surface area (Å²) >= 11 is 0. The Kier molecular flexibility index (Phi) is 6.31. The summed E-state index contributed by atoms with van der Waals surface area (Å²) in [5.74, 6) is 1.68. The van der Waals surface area contributed by atoms with Crippen LogP contribution in [-0.2, 0) is 9.47 Å². The van der Waals surface area contributed by atoms with E-state index in [0.29, 0.717) is 5.92 Å². The molecule has 3 heteroatoms. The maximum Gasteiger partial charge on any atom is 0.144 e. The third-order valence-electron chi connectivity index (χ3n) is 2.53. The Morgan fingerprint density at radius 1 is 1.50 bits per heavy atom. The lowest BCUT2D eigenvalue weighted by atomic mass is 10.2. The highest BCUT2D eigenvalue weighted by atomic mass is 16.5. The highest BCUT2D eigenvalue weighted by molar-refractivity contribution is 4.94. The molecule has 0 aliphatic carbocycles. The smallest absolute Gasteiger partial charge is 0.144 e. The Bertz CT molecular complexity index is 214. The molecule has 1 aliphatic heterocycles. The topological polar surface area (TPSA) is 21.7 Å². The van der Waals surface area contributed by atoms with Gasteiger partial charge < -0.3 is 9.47 Å². The second-order valence-electron chi connectivity index (χ2n) is 4.79. The van der Waals surface area contributed by atoms with E-state index in [1.165, 1.54) is 6.42 Å². The van der Waals surface area contributed by atoms with Gasteiger partial charge in [-0.15, -0.1) is 0 Å². The molecule has 0 N–H and O–H groups in total. The second-order valence-corrected chi connectivity index (χ2v) is 4.79. The van der Waals surface area contributed by atoms with Crippen molar-refractivity contribution in [3.05, 3.63) is 12.0 Å². The molecule has 0 spiro atoms. The summed E-state index contributed by atoms with van der Waals surface area (Å²) in [6.07, 6.45) is 4.07. The Morgan fingerprint density at radius 2 is 2.31 bits per heavy atom. The molecule has 1 fully saturated rings. The summed E-state index contributed by atoms with van der Waals surface area (Å²) in [6.45, 7) is 11.3. The summed E-state index contributed by atoms with van der Waals surface area (Å²) in [7, 11) is 0. The fourth-order valence-electron chi connectivity index (χ4n) is 1.77. The number of hydrogen-bond donors (Lipinski definition) is 0. The number of unbranched alkanes of at least 4 members (excludes halogenated alkanes) is 1. The zero-order valence-electron chi connectivity index (χ0n) is 10.9. The van der Waals surface area contributed by atoms with Crippen molar-refractivity contribution in [2.45, 2.75) is 33.6 Å². The van der Waals surface area contributed by atoms with E-state index < -0.39 is 0 Å². The van der Waals surface area contributed by atoms with Crippen LogP contribution in [0.1, 0.15) is 33.6 Å². The van der Waals surface area contributed by atoms with Crippen molar-refractivity contribution in [2.75, 3.05) is 32.8 Å². The van der Waals surface area contributed by atoms with E-state index in [-0.39, 0.29) is 0 Å². The fraction of sp³-hybridized carbons (Fsp3) is 0.846. The van der Waals surface area contributed by atoms with Crippen molar-refractivity contribution in [1.29, 1.82) is 0 Å². The number of hydrogen-bond acceptors (Lipinski definition) is 3. The lowest BCUT2D eigenvalue weighted by molar-refractivity contribution is 0.0754.